The van der Waals surface area contributed by atoms with Crippen LogP contribution in [-0.2, 0) is 9.47 Å². The lowest BCUT2D eigenvalue weighted by Gasteiger charge is -2.30. The van der Waals surface area contributed by atoms with Gasteiger partial charge in [0, 0.05) is 25.8 Å². The number of benzene rings is 1. The summed E-state index contributed by atoms with van der Waals surface area (Å²) in [6.45, 7) is 0.684. The molecule has 0 aliphatic carbocycles. The number of aliphatic hydroxyl groups is 3. The van der Waals surface area contributed by atoms with Gasteiger partial charge in [-0.05, 0) is 30.7 Å². The van der Waals surface area contributed by atoms with Gasteiger partial charge in [0.1, 0.15) is 12.2 Å². The molecule has 0 bridgehead atoms. The summed E-state index contributed by atoms with van der Waals surface area (Å²) in [7, 11) is 1.61. The van der Waals surface area contributed by atoms with Crippen LogP contribution in [0.1, 0.15) is 21.8 Å². The van der Waals surface area contributed by atoms with E-state index in [1.54, 1.807) is 25.3 Å². The van der Waals surface area contributed by atoms with E-state index in [0.717, 1.165) is 11.1 Å². The minimum Gasteiger partial charge on any atom is -0.482 e. The molecule has 0 radical (unpaired) electrons. The third-order valence-electron chi connectivity index (χ3n) is 4.18. The van der Waals surface area contributed by atoms with E-state index in [4.69, 9.17) is 9.47 Å². The number of ether oxygens (including phenoxy) is 2. The lowest BCUT2D eigenvalue weighted by Crippen LogP contribution is -2.43. The first-order chi connectivity index (χ1) is 13.0. The largest absolute Gasteiger partial charge is 0.482 e. The molecule has 1 aromatic carbocycles. The minimum atomic E-state index is -1.19. The molecule has 0 saturated carbocycles. The lowest BCUT2D eigenvalue weighted by molar-refractivity contribution is -0.0723. The number of carbonyl (C=O) groups is 1. The second kappa shape index (κ2) is 8.77. The van der Waals surface area contributed by atoms with Gasteiger partial charge in [0.2, 0.25) is 0 Å². The number of methoxy groups -OCH3 is 1. The zero-order chi connectivity index (χ0) is 19.4. The number of hydrogen-bond donors (Lipinski definition) is 4. The van der Waals surface area contributed by atoms with Crippen LogP contribution in [0.25, 0.3) is 16.0 Å². The quantitative estimate of drug-likeness (QED) is 0.505. The van der Waals surface area contributed by atoms with Gasteiger partial charge in [-0.25, -0.2) is 4.98 Å². The molecule has 9 heteroatoms. The van der Waals surface area contributed by atoms with Crippen LogP contribution in [0.4, 0.5) is 0 Å². The van der Waals surface area contributed by atoms with Crippen molar-refractivity contribution >= 4 is 33.2 Å². The monoisotopic (exact) mass is 394 g/mol. The number of aliphatic hydroxyl groups excluding tert-OH is 3. The van der Waals surface area contributed by atoms with Crippen molar-refractivity contribution in [1.29, 1.82) is 0 Å². The van der Waals surface area contributed by atoms with E-state index in [1.165, 1.54) is 17.4 Å². The van der Waals surface area contributed by atoms with Crippen LogP contribution >= 0.6 is 11.3 Å². The summed E-state index contributed by atoms with van der Waals surface area (Å²) in [5, 5.41) is 32.3. The molecule has 2 heterocycles. The summed E-state index contributed by atoms with van der Waals surface area (Å²) < 4.78 is 11.3. The molecule has 2 aromatic rings. The molecule has 0 unspecified atom stereocenters. The molecule has 146 valence electrons. The third kappa shape index (κ3) is 4.45. The summed E-state index contributed by atoms with van der Waals surface area (Å²) in [6, 6.07) is 5.22. The van der Waals surface area contributed by atoms with Gasteiger partial charge in [0.15, 0.2) is 16.9 Å². The molecule has 4 N–H and O–H groups in total. The standard InChI is InChI=1S/C18H22N2O6S/c1-25-6-2-5-19-17(24)10-3-4-15-11(7-10)20-18(27-15)13-8-12(22)16(23)14(9-21)26-13/h3-4,7-8,12,14,16,21-23H,2,5-6,9H2,1H3,(H,19,24)/t12-,14-,16-/m1/s1. The van der Waals surface area contributed by atoms with Gasteiger partial charge < -0.3 is 30.1 Å². The first kappa shape index (κ1) is 19.7. The fourth-order valence-corrected chi connectivity index (χ4v) is 3.62. The summed E-state index contributed by atoms with van der Waals surface area (Å²) in [4.78, 5) is 16.7. The Morgan fingerprint density at radius 2 is 2.22 bits per heavy atom. The minimum absolute atomic E-state index is 0.186. The Balaban J connectivity index is 1.78. The van der Waals surface area contributed by atoms with Crippen molar-refractivity contribution in [2.75, 3.05) is 26.9 Å². The highest BCUT2D eigenvalue weighted by molar-refractivity contribution is 7.19. The topological polar surface area (TPSA) is 121 Å². The first-order valence-corrected chi connectivity index (χ1v) is 9.38. The van der Waals surface area contributed by atoms with Gasteiger partial charge in [0.25, 0.3) is 5.91 Å². The number of carbonyl (C=O) groups excluding carboxylic acids is 1. The second-order valence-electron chi connectivity index (χ2n) is 6.15. The maximum absolute atomic E-state index is 12.2. The predicted molar refractivity (Wildman–Crippen MR) is 100 cm³/mol. The van der Waals surface area contributed by atoms with Crippen LogP contribution in [0, 0.1) is 0 Å². The van der Waals surface area contributed by atoms with Gasteiger partial charge in [-0.2, -0.15) is 0 Å². The highest BCUT2D eigenvalue weighted by Gasteiger charge is 2.33. The molecule has 0 fully saturated rings. The van der Waals surface area contributed by atoms with E-state index in [2.05, 4.69) is 10.3 Å². The number of hydrogen-bond acceptors (Lipinski definition) is 8. The average molecular weight is 394 g/mol. The van der Waals surface area contributed by atoms with Gasteiger partial charge in [0.05, 0.1) is 16.8 Å². The van der Waals surface area contributed by atoms with Gasteiger partial charge >= 0.3 is 0 Å². The summed E-state index contributed by atoms with van der Waals surface area (Å²) in [6.07, 6.45) is -1.15. The Bertz CT molecular complexity index is 836. The molecule has 8 nitrogen and oxygen atoms in total. The number of aromatic nitrogens is 1. The second-order valence-corrected chi connectivity index (χ2v) is 7.19. The van der Waals surface area contributed by atoms with E-state index in [0.29, 0.717) is 35.0 Å². The Hall–Kier alpha value is -2.04. The molecule has 27 heavy (non-hydrogen) atoms. The van der Waals surface area contributed by atoms with Crippen molar-refractivity contribution in [3.63, 3.8) is 0 Å². The van der Waals surface area contributed by atoms with Crippen LogP contribution in [0.3, 0.4) is 0 Å². The number of fused-ring (bicyclic) bond motifs is 1. The van der Waals surface area contributed by atoms with Crippen LogP contribution in [-0.4, -0.2) is 71.4 Å². The SMILES string of the molecule is COCCCNC(=O)c1ccc2sc(C3=C[C@@H](O)[C@@H](O)[C@@H](CO)O3)nc2c1. The Morgan fingerprint density at radius 3 is 2.96 bits per heavy atom. The molecule has 3 rings (SSSR count). The molecular formula is C18H22N2O6S. The average Bonchev–Trinajstić information content (AvgIpc) is 3.10. The number of rotatable bonds is 7. The van der Waals surface area contributed by atoms with Crippen LogP contribution in [0.15, 0.2) is 24.3 Å². The number of nitrogens with one attached hydrogen (secondary N) is 1. The maximum Gasteiger partial charge on any atom is 0.251 e. The zero-order valence-electron chi connectivity index (χ0n) is 14.8. The lowest BCUT2D eigenvalue weighted by atomic mass is 10.0. The van der Waals surface area contributed by atoms with Crippen LogP contribution in [0.2, 0.25) is 0 Å². The van der Waals surface area contributed by atoms with Crippen LogP contribution < -0.4 is 5.32 Å². The number of amides is 1. The molecule has 0 saturated heterocycles. The highest BCUT2D eigenvalue weighted by Crippen LogP contribution is 2.32. The molecule has 1 aliphatic heterocycles. The van der Waals surface area contributed by atoms with Crippen molar-refractivity contribution in [3.8, 4) is 0 Å². The van der Waals surface area contributed by atoms with Crippen molar-refractivity contribution in [2.24, 2.45) is 0 Å². The molecule has 3 atom stereocenters. The molecular weight excluding hydrogens is 372 g/mol. The van der Waals surface area contributed by atoms with E-state index in [9.17, 15) is 20.1 Å². The van der Waals surface area contributed by atoms with Gasteiger partial charge in [-0.15, -0.1) is 11.3 Å². The summed E-state index contributed by atoms with van der Waals surface area (Å²) in [5.74, 6) is 0.119. The maximum atomic E-state index is 12.2. The number of nitrogens with zero attached hydrogens (tertiary/aromatic N) is 1. The predicted octanol–water partition coefficient (Wildman–Crippen LogP) is 0.516. The Kier molecular flexibility index (Phi) is 6.40. The van der Waals surface area contributed by atoms with Crippen molar-refractivity contribution in [2.45, 2.75) is 24.7 Å². The van der Waals surface area contributed by atoms with Crippen molar-refractivity contribution in [1.82, 2.24) is 10.3 Å². The van der Waals surface area contributed by atoms with Gasteiger partial charge in [-0.1, -0.05) is 0 Å². The fraction of sp³-hybridized carbons (Fsp3) is 0.444. The van der Waals surface area contributed by atoms with E-state index >= 15 is 0 Å². The van der Waals surface area contributed by atoms with Gasteiger partial charge in [-0.3, -0.25) is 4.79 Å². The normalized spacial score (nSPS) is 22.4. The van der Waals surface area contributed by atoms with Crippen molar-refractivity contribution < 1.29 is 29.6 Å². The Labute approximate surface area is 160 Å². The third-order valence-corrected chi connectivity index (χ3v) is 5.23. The molecule has 1 aliphatic rings. The van der Waals surface area contributed by atoms with E-state index in [1.807, 2.05) is 0 Å². The first-order valence-electron chi connectivity index (χ1n) is 8.57. The smallest absolute Gasteiger partial charge is 0.251 e. The summed E-state index contributed by atoms with van der Waals surface area (Å²) in [5.41, 5.74) is 1.13. The summed E-state index contributed by atoms with van der Waals surface area (Å²) >= 11 is 1.34. The molecule has 0 spiro atoms. The Morgan fingerprint density at radius 1 is 1.41 bits per heavy atom. The zero-order valence-corrected chi connectivity index (χ0v) is 15.6. The molecule has 1 aromatic heterocycles. The fourth-order valence-electron chi connectivity index (χ4n) is 2.71. The van der Waals surface area contributed by atoms with Crippen LogP contribution in [0.5, 0.6) is 0 Å². The number of thiazole rings is 1. The highest BCUT2D eigenvalue weighted by atomic mass is 32.1. The van der Waals surface area contributed by atoms with E-state index in [-0.39, 0.29) is 5.91 Å². The molecule has 1 amide bonds. The van der Waals surface area contributed by atoms with Crippen molar-refractivity contribution in [3.05, 3.63) is 34.8 Å². The van der Waals surface area contributed by atoms with E-state index < -0.39 is 24.9 Å².